The SMILES string of the molecule is O=C(Nc1ccc(SC(C(=O)Nc2nccs2)c2ccccc2)cc1)/C(=C\c1ccc(-c2ccccc2)o1)NC(=O)c1ccccc1. The normalized spacial score (nSPS) is 11.8. The highest BCUT2D eigenvalue weighted by Gasteiger charge is 2.23. The molecule has 10 heteroatoms. The highest BCUT2D eigenvalue weighted by atomic mass is 32.2. The molecule has 6 aromatic rings. The van der Waals surface area contributed by atoms with Gasteiger partial charge < -0.3 is 20.4 Å². The minimum atomic E-state index is -0.530. The van der Waals surface area contributed by atoms with E-state index < -0.39 is 17.1 Å². The number of benzene rings is 4. The lowest BCUT2D eigenvalue weighted by Crippen LogP contribution is -2.30. The van der Waals surface area contributed by atoms with E-state index in [4.69, 9.17) is 4.42 Å². The largest absolute Gasteiger partial charge is 0.457 e. The number of amides is 3. The number of carbonyl (C=O) groups excluding carboxylic acids is 3. The molecular formula is C37H28N4O4S2. The minimum Gasteiger partial charge on any atom is -0.457 e. The number of thiazole rings is 1. The Balaban J connectivity index is 1.20. The summed E-state index contributed by atoms with van der Waals surface area (Å²) in [5, 5.41) is 10.3. The number of hydrogen-bond acceptors (Lipinski definition) is 7. The number of nitrogens with zero attached hydrogens (tertiary/aromatic N) is 1. The van der Waals surface area contributed by atoms with Crippen molar-refractivity contribution in [1.82, 2.24) is 10.3 Å². The monoisotopic (exact) mass is 656 g/mol. The van der Waals surface area contributed by atoms with Crippen LogP contribution >= 0.6 is 23.1 Å². The van der Waals surface area contributed by atoms with E-state index in [2.05, 4.69) is 20.9 Å². The smallest absolute Gasteiger partial charge is 0.272 e. The molecule has 0 aliphatic heterocycles. The van der Waals surface area contributed by atoms with Gasteiger partial charge in [0.1, 0.15) is 22.5 Å². The van der Waals surface area contributed by atoms with E-state index in [1.807, 2.05) is 84.9 Å². The fraction of sp³-hybridized carbons (Fsp3) is 0.0270. The molecule has 0 fully saturated rings. The van der Waals surface area contributed by atoms with Gasteiger partial charge in [0.2, 0.25) is 5.91 Å². The number of anilines is 2. The van der Waals surface area contributed by atoms with Crippen LogP contribution in [-0.2, 0) is 9.59 Å². The second kappa shape index (κ2) is 15.0. The summed E-state index contributed by atoms with van der Waals surface area (Å²) < 4.78 is 5.98. The molecule has 3 N–H and O–H groups in total. The Bertz CT molecular complexity index is 1980. The van der Waals surface area contributed by atoms with Crippen molar-refractivity contribution in [2.24, 2.45) is 0 Å². The summed E-state index contributed by atoms with van der Waals surface area (Å²) in [5.41, 5.74) is 2.66. The van der Waals surface area contributed by atoms with E-state index in [1.54, 1.807) is 54.0 Å². The molecule has 1 unspecified atom stereocenters. The molecule has 47 heavy (non-hydrogen) atoms. The molecule has 0 aliphatic rings. The van der Waals surface area contributed by atoms with Crippen molar-refractivity contribution in [3.8, 4) is 11.3 Å². The third kappa shape index (κ3) is 8.31. The zero-order chi connectivity index (χ0) is 32.4. The molecule has 0 radical (unpaired) electrons. The van der Waals surface area contributed by atoms with E-state index in [-0.39, 0.29) is 11.6 Å². The molecule has 3 amide bonds. The quantitative estimate of drug-likeness (QED) is 0.0956. The zero-order valence-corrected chi connectivity index (χ0v) is 26.5. The van der Waals surface area contributed by atoms with Crippen LogP contribution in [0.1, 0.15) is 26.9 Å². The lowest BCUT2D eigenvalue weighted by Gasteiger charge is -2.16. The molecule has 0 saturated carbocycles. The van der Waals surface area contributed by atoms with Crippen molar-refractivity contribution >= 4 is 57.7 Å². The van der Waals surface area contributed by atoms with Crippen LogP contribution in [0.5, 0.6) is 0 Å². The van der Waals surface area contributed by atoms with Crippen molar-refractivity contribution < 1.29 is 18.8 Å². The topological polar surface area (TPSA) is 113 Å². The van der Waals surface area contributed by atoms with Crippen LogP contribution in [0.4, 0.5) is 10.8 Å². The van der Waals surface area contributed by atoms with Crippen LogP contribution in [-0.4, -0.2) is 22.7 Å². The summed E-state index contributed by atoms with van der Waals surface area (Å²) in [6, 6.07) is 38.5. The second-order valence-electron chi connectivity index (χ2n) is 10.2. The van der Waals surface area contributed by atoms with Crippen LogP contribution in [0, 0.1) is 0 Å². The molecule has 2 heterocycles. The summed E-state index contributed by atoms with van der Waals surface area (Å²) in [7, 11) is 0. The zero-order valence-electron chi connectivity index (χ0n) is 24.8. The second-order valence-corrected chi connectivity index (χ2v) is 12.2. The molecule has 8 nitrogen and oxygen atoms in total. The highest BCUT2D eigenvalue weighted by Crippen LogP contribution is 2.37. The lowest BCUT2D eigenvalue weighted by atomic mass is 10.1. The van der Waals surface area contributed by atoms with Gasteiger partial charge in [0.15, 0.2) is 5.13 Å². The van der Waals surface area contributed by atoms with Gasteiger partial charge in [-0.2, -0.15) is 0 Å². The van der Waals surface area contributed by atoms with Crippen LogP contribution < -0.4 is 16.0 Å². The molecule has 0 aliphatic carbocycles. The predicted octanol–water partition coefficient (Wildman–Crippen LogP) is 8.28. The first-order valence-corrected chi connectivity index (χ1v) is 16.3. The summed E-state index contributed by atoms with van der Waals surface area (Å²) in [6.07, 6.45) is 3.14. The van der Waals surface area contributed by atoms with Crippen LogP contribution in [0.3, 0.4) is 0 Å². The van der Waals surface area contributed by atoms with E-state index in [9.17, 15) is 14.4 Å². The standard InChI is InChI=1S/C37H28N4O4S2/c42-34(27-14-8-3-9-15-27)40-31(24-29-18-21-32(45-29)25-10-4-1-5-11-25)35(43)39-28-16-19-30(20-17-28)47-33(26-12-6-2-7-13-26)36(44)41-37-38-22-23-46-37/h1-24,33H,(H,39,43)(H,40,42)(H,38,41,44)/b31-24+. The molecule has 0 saturated heterocycles. The van der Waals surface area contributed by atoms with Gasteiger partial charge >= 0.3 is 0 Å². The van der Waals surface area contributed by atoms with Gasteiger partial charge in [-0.15, -0.1) is 23.1 Å². The van der Waals surface area contributed by atoms with E-state index >= 15 is 0 Å². The third-order valence-corrected chi connectivity index (χ3v) is 8.82. The maximum atomic E-state index is 13.6. The first-order chi connectivity index (χ1) is 23.0. The summed E-state index contributed by atoms with van der Waals surface area (Å²) >= 11 is 2.74. The molecular weight excluding hydrogens is 629 g/mol. The van der Waals surface area contributed by atoms with Crippen molar-refractivity contribution in [3.63, 3.8) is 0 Å². The maximum Gasteiger partial charge on any atom is 0.272 e. The average molecular weight is 657 g/mol. The average Bonchev–Trinajstić information content (AvgIpc) is 3.81. The predicted molar refractivity (Wildman–Crippen MR) is 187 cm³/mol. The first kappa shape index (κ1) is 31.3. The minimum absolute atomic E-state index is 0.00858. The summed E-state index contributed by atoms with van der Waals surface area (Å²) in [6.45, 7) is 0. The number of nitrogens with one attached hydrogen (secondary N) is 3. The van der Waals surface area contributed by atoms with Crippen LogP contribution in [0.25, 0.3) is 17.4 Å². The van der Waals surface area contributed by atoms with Crippen LogP contribution in [0.2, 0.25) is 0 Å². The summed E-state index contributed by atoms with van der Waals surface area (Å²) in [5.74, 6) is -0.120. The molecule has 2 aromatic heterocycles. The fourth-order valence-corrected chi connectivity index (χ4v) is 6.14. The molecule has 4 aromatic carbocycles. The van der Waals surface area contributed by atoms with Gasteiger partial charge in [0.05, 0.1) is 0 Å². The summed E-state index contributed by atoms with van der Waals surface area (Å²) in [4.78, 5) is 44.8. The Morgan fingerprint density at radius 2 is 1.45 bits per heavy atom. The molecule has 0 bridgehead atoms. The Kier molecular flexibility index (Phi) is 10.0. The Labute approximate surface area is 279 Å². The van der Waals surface area contributed by atoms with Gasteiger partial charge in [-0.3, -0.25) is 14.4 Å². The Hall–Kier alpha value is -5.71. The van der Waals surface area contributed by atoms with Crippen LogP contribution in [0.15, 0.2) is 154 Å². The number of hydrogen-bond donors (Lipinski definition) is 3. The number of carbonyl (C=O) groups is 3. The third-order valence-electron chi connectivity index (χ3n) is 6.87. The van der Waals surface area contributed by atoms with Crippen molar-refractivity contribution in [1.29, 1.82) is 0 Å². The maximum absolute atomic E-state index is 13.6. The number of aromatic nitrogens is 1. The molecule has 1 atom stereocenters. The number of thioether (sulfide) groups is 1. The van der Waals surface area contributed by atoms with Crippen molar-refractivity contribution in [2.75, 3.05) is 10.6 Å². The van der Waals surface area contributed by atoms with Gasteiger partial charge in [0.25, 0.3) is 11.8 Å². The van der Waals surface area contributed by atoms with Crippen molar-refractivity contribution in [3.05, 3.63) is 162 Å². The van der Waals surface area contributed by atoms with Gasteiger partial charge in [-0.25, -0.2) is 4.98 Å². The highest BCUT2D eigenvalue weighted by molar-refractivity contribution is 8.00. The van der Waals surface area contributed by atoms with Gasteiger partial charge in [-0.1, -0.05) is 78.9 Å². The lowest BCUT2D eigenvalue weighted by molar-refractivity contribution is -0.116. The number of rotatable bonds is 11. The number of furan rings is 1. The van der Waals surface area contributed by atoms with Gasteiger partial charge in [-0.05, 0) is 54.1 Å². The Morgan fingerprint density at radius 1 is 0.766 bits per heavy atom. The molecule has 6 rings (SSSR count). The molecule has 0 spiro atoms. The Morgan fingerprint density at radius 3 is 2.13 bits per heavy atom. The first-order valence-electron chi connectivity index (χ1n) is 14.6. The van der Waals surface area contributed by atoms with E-state index in [0.29, 0.717) is 27.9 Å². The van der Waals surface area contributed by atoms with E-state index in [1.165, 1.54) is 29.2 Å². The van der Waals surface area contributed by atoms with E-state index in [0.717, 1.165) is 16.0 Å². The van der Waals surface area contributed by atoms with Crippen molar-refractivity contribution in [2.45, 2.75) is 10.1 Å². The molecule has 232 valence electrons. The fourth-order valence-electron chi connectivity index (χ4n) is 4.58. The van der Waals surface area contributed by atoms with Gasteiger partial charge in [0, 0.05) is 39.4 Å².